The summed E-state index contributed by atoms with van der Waals surface area (Å²) >= 11 is 0. The lowest BCUT2D eigenvalue weighted by molar-refractivity contribution is -0.114. The molecule has 2 N–H and O–H groups in total. The van der Waals surface area contributed by atoms with Gasteiger partial charge in [-0.05, 0) is 32.9 Å². The van der Waals surface area contributed by atoms with Gasteiger partial charge in [0, 0.05) is 13.1 Å². The minimum absolute atomic E-state index is 0.145. The molecule has 0 aromatic carbocycles. The number of aromatic nitrogens is 2. The third-order valence-corrected chi connectivity index (χ3v) is 2.71. The summed E-state index contributed by atoms with van der Waals surface area (Å²) in [4.78, 5) is 15.6. The molecule has 96 valence electrons. The maximum atomic E-state index is 11.1. The second kappa shape index (κ2) is 4.10. The van der Waals surface area contributed by atoms with E-state index < -0.39 is 5.60 Å². The average Bonchev–Trinajstić information content (AvgIpc) is 2.53. The van der Waals surface area contributed by atoms with Crippen molar-refractivity contribution in [2.45, 2.75) is 33.3 Å². The quantitative estimate of drug-likeness (QED) is 0.850. The SMILES string of the molecule is CC(=O)Nc1cccn2c(C(C)(C)O)c(C)nc12. The zero-order chi connectivity index (χ0) is 13.5. The summed E-state index contributed by atoms with van der Waals surface area (Å²) in [5.74, 6) is -0.145. The molecule has 2 aromatic heterocycles. The van der Waals surface area contributed by atoms with Crippen molar-refractivity contribution in [2.75, 3.05) is 5.32 Å². The summed E-state index contributed by atoms with van der Waals surface area (Å²) in [6.45, 7) is 6.73. The summed E-state index contributed by atoms with van der Waals surface area (Å²) < 4.78 is 1.81. The van der Waals surface area contributed by atoms with Crippen molar-refractivity contribution >= 4 is 17.2 Å². The summed E-state index contributed by atoms with van der Waals surface area (Å²) in [5, 5.41) is 12.9. The molecule has 0 aliphatic rings. The number of nitrogens with one attached hydrogen (secondary N) is 1. The number of hydrogen-bond donors (Lipinski definition) is 2. The highest BCUT2D eigenvalue weighted by Crippen LogP contribution is 2.27. The highest BCUT2D eigenvalue weighted by atomic mass is 16.3. The Balaban J connectivity index is 2.71. The van der Waals surface area contributed by atoms with Crippen LogP contribution < -0.4 is 5.32 Å². The van der Waals surface area contributed by atoms with Gasteiger partial charge in [-0.1, -0.05) is 0 Å². The van der Waals surface area contributed by atoms with Crippen LogP contribution in [0.2, 0.25) is 0 Å². The summed E-state index contributed by atoms with van der Waals surface area (Å²) in [7, 11) is 0. The Labute approximate surface area is 105 Å². The van der Waals surface area contributed by atoms with Gasteiger partial charge in [-0.2, -0.15) is 0 Å². The van der Waals surface area contributed by atoms with E-state index in [1.807, 2.05) is 19.2 Å². The van der Waals surface area contributed by atoms with Gasteiger partial charge in [-0.3, -0.25) is 9.20 Å². The van der Waals surface area contributed by atoms with Crippen molar-refractivity contribution in [3.05, 3.63) is 29.7 Å². The number of imidazole rings is 1. The van der Waals surface area contributed by atoms with Crippen molar-refractivity contribution in [2.24, 2.45) is 0 Å². The highest BCUT2D eigenvalue weighted by Gasteiger charge is 2.24. The van der Waals surface area contributed by atoms with E-state index in [1.165, 1.54) is 6.92 Å². The number of aryl methyl sites for hydroxylation is 1. The maximum Gasteiger partial charge on any atom is 0.221 e. The molecule has 1 amide bonds. The molecule has 5 heteroatoms. The monoisotopic (exact) mass is 247 g/mol. The van der Waals surface area contributed by atoms with E-state index >= 15 is 0 Å². The number of carbonyl (C=O) groups excluding carboxylic acids is 1. The third kappa shape index (κ3) is 2.09. The van der Waals surface area contributed by atoms with Crippen molar-refractivity contribution in [3.8, 4) is 0 Å². The molecule has 0 fully saturated rings. The topological polar surface area (TPSA) is 66.6 Å². The first-order valence-corrected chi connectivity index (χ1v) is 5.79. The zero-order valence-electron chi connectivity index (χ0n) is 11.0. The number of aliphatic hydroxyl groups is 1. The summed E-state index contributed by atoms with van der Waals surface area (Å²) in [6, 6.07) is 3.60. The molecule has 2 heterocycles. The Morgan fingerprint density at radius 2 is 2.17 bits per heavy atom. The molecule has 5 nitrogen and oxygen atoms in total. The molecule has 2 rings (SSSR count). The first-order valence-electron chi connectivity index (χ1n) is 5.79. The fourth-order valence-electron chi connectivity index (χ4n) is 2.21. The Morgan fingerprint density at radius 3 is 2.72 bits per heavy atom. The Bertz CT molecular complexity index is 608. The highest BCUT2D eigenvalue weighted by molar-refractivity contribution is 5.92. The van der Waals surface area contributed by atoms with Crippen molar-refractivity contribution < 1.29 is 9.90 Å². The maximum absolute atomic E-state index is 11.1. The van der Waals surface area contributed by atoms with E-state index in [9.17, 15) is 9.90 Å². The van der Waals surface area contributed by atoms with Gasteiger partial charge in [0.05, 0.1) is 17.1 Å². The van der Waals surface area contributed by atoms with Gasteiger partial charge >= 0.3 is 0 Å². The Morgan fingerprint density at radius 1 is 1.50 bits per heavy atom. The molecular formula is C13H17N3O2. The minimum atomic E-state index is -0.988. The molecule has 0 saturated carbocycles. The second-order valence-electron chi connectivity index (χ2n) is 4.90. The fraction of sp³-hybridized carbons (Fsp3) is 0.385. The largest absolute Gasteiger partial charge is 0.384 e. The number of carbonyl (C=O) groups is 1. The lowest BCUT2D eigenvalue weighted by Gasteiger charge is -2.18. The van der Waals surface area contributed by atoms with E-state index in [2.05, 4.69) is 10.3 Å². The van der Waals surface area contributed by atoms with E-state index in [-0.39, 0.29) is 5.91 Å². The van der Waals surface area contributed by atoms with Crippen LogP contribution in [-0.4, -0.2) is 20.4 Å². The Kier molecular flexibility index (Phi) is 2.86. The van der Waals surface area contributed by atoms with E-state index in [1.54, 1.807) is 24.3 Å². The normalized spacial score (nSPS) is 11.8. The lowest BCUT2D eigenvalue weighted by atomic mass is 10.0. The van der Waals surface area contributed by atoms with E-state index in [0.29, 0.717) is 11.3 Å². The number of nitrogens with zero attached hydrogens (tertiary/aromatic N) is 2. The minimum Gasteiger partial charge on any atom is -0.384 e. The van der Waals surface area contributed by atoms with Crippen LogP contribution in [0.4, 0.5) is 5.69 Å². The van der Waals surface area contributed by atoms with Gasteiger partial charge in [0.1, 0.15) is 5.60 Å². The number of fused-ring (bicyclic) bond motifs is 1. The number of anilines is 1. The van der Waals surface area contributed by atoms with Crippen molar-refractivity contribution in [3.63, 3.8) is 0 Å². The van der Waals surface area contributed by atoms with Crippen LogP contribution in [0.15, 0.2) is 18.3 Å². The Hall–Kier alpha value is -1.88. The molecule has 0 aliphatic heterocycles. The van der Waals surface area contributed by atoms with Crippen LogP contribution >= 0.6 is 0 Å². The van der Waals surface area contributed by atoms with Gasteiger partial charge < -0.3 is 10.4 Å². The van der Waals surface area contributed by atoms with E-state index in [0.717, 1.165) is 11.4 Å². The predicted octanol–water partition coefficient (Wildman–Crippen LogP) is 1.83. The van der Waals surface area contributed by atoms with Gasteiger partial charge in [0.25, 0.3) is 0 Å². The van der Waals surface area contributed by atoms with Crippen LogP contribution in [0.3, 0.4) is 0 Å². The second-order valence-corrected chi connectivity index (χ2v) is 4.90. The number of amides is 1. The molecule has 0 spiro atoms. The van der Waals surface area contributed by atoms with Crippen LogP contribution in [0.1, 0.15) is 32.2 Å². The number of hydrogen-bond acceptors (Lipinski definition) is 3. The van der Waals surface area contributed by atoms with Crippen LogP contribution in [0.5, 0.6) is 0 Å². The molecule has 0 atom stereocenters. The van der Waals surface area contributed by atoms with E-state index in [4.69, 9.17) is 0 Å². The van der Waals surface area contributed by atoms with Gasteiger partial charge in [0.15, 0.2) is 5.65 Å². The van der Waals surface area contributed by atoms with Crippen molar-refractivity contribution in [1.29, 1.82) is 0 Å². The molecule has 0 bridgehead atoms. The molecular weight excluding hydrogens is 230 g/mol. The first-order chi connectivity index (χ1) is 8.30. The molecule has 2 aromatic rings. The molecule has 0 radical (unpaired) electrons. The predicted molar refractivity (Wildman–Crippen MR) is 69.5 cm³/mol. The van der Waals surface area contributed by atoms with Crippen molar-refractivity contribution in [1.82, 2.24) is 9.38 Å². The lowest BCUT2D eigenvalue weighted by Crippen LogP contribution is -2.19. The number of rotatable bonds is 2. The summed E-state index contributed by atoms with van der Waals surface area (Å²) in [5.41, 5.74) is 1.77. The zero-order valence-corrected chi connectivity index (χ0v) is 11.0. The third-order valence-electron chi connectivity index (χ3n) is 2.71. The van der Waals surface area contributed by atoms with Crippen LogP contribution in [0, 0.1) is 6.92 Å². The molecule has 18 heavy (non-hydrogen) atoms. The van der Waals surface area contributed by atoms with Crippen LogP contribution in [-0.2, 0) is 10.4 Å². The van der Waals surface area contributed by atoms with Gasteiger partial charge in [-0.25, -0.2) is 4.98 Å². The molecule has 0 aliphatic carbocycles. The standard InChI is InChI=1S/C13H17N3O2/c1-8-11(13(3,4)18)16-7-5-6-10(12(16)14-8)15-9(2)17/h5-7,18H,1-4H3,(H,15,17). The number of pyridine rings is 1. The summed E-state index contributed by atoms with van der Waals surface area (Å²) in [6.07, 6.45) is 1.83. The smallest absolute Gasteiger partial charge is 0.221 e. The average molecular weight is 247 g/mol. The van der Waals surface area contributed by atoms with Gasteiger partial charge in [0.2, 0.25) is 5.91 Å². The first kappa shape index (κ1) is 12.6. The molecule has 0 unspecified atom stereocenters. The fourth-order valence-corrected chi connectivity index (χ4v) is 2.21. The van der Waals surface area contributed by atoms with Gasteiger partial charge in [-0.15, -0.1) is 0 Å². The van der Waals surface area contributed by atoms with Crippen LogP contribution in [0.25, 0.3) is 5.65 Å². The molecule has 0 saturated heterocycles.